The Morgan fingerprint density at radius 2 is 2.12 bits per heavy atom. The van der Waals surface area contributed by atoms with Crippen molar-refractivity contribution in [1.29, 1.82) is 0 Å². The number of imide groups is 1. The number of carbonyl (C=O) groups is 2. The second-order valence-corrected chi connectivity index (χ2v) is 6.95. The quantitative estimate of drug-likeness (QED) is 0.773. The number of nitrogens with zero attached hydrogens (tertiary/aromatic N) is 3. The second-order valence-electron chi connectivity index (χ2n) is 6.00. The Labute approximate surface area is 150 Å². The molecule has 1 heterocycles. The molecule has 3 rings (SSSR count). The van der Waals surface area contributed by atoms with Gasteiger partial charge in [0.15, 0.2) is 11.0 Å². The third-order valence-electron chi connectivity index (χ3n) is 3.81. The minimum atomic E-state index is -0.425. The molecule has 1 aliphatic carbocycles. The van der Waals surface area contributed by atoms with Crippen molar-refractivity contribution < 1.29 is 9.59 Å². The largest absolute Gasteiger partial charge is 0.335 e. The maximum Gasteiger partial charge on any atom is 0.321 e. The van der Waals surface area contributed by atoms with Crippen molar-refractivity contribution in [3.05, 3.63) is 29.8 Å². The molecule has 25 heavy (non-hydrogen) atoms. The molecule has 3 amide bonds. The molecule has 7 nitrogen and oxygen atoms in total. The van der Waals surface area contributed by atoms with Crippen LogP contribution in [0.4, 0.5) is 4.79 Å². The van der Waals surface area contributed by atoms with Crippen LogP contribution in [0.1, 0.15) is 25.3 Å². The molecule has 2 N–H and O–H groups in total. The third-order valence-corrected chi connectivity index (χ3v) is 4.77. The summed E-state index contributed by atoms with van der Waals surface area (Å²) in [6.45, 7) is 4.74. The molecule has 1 saturated carbocycles. The average Bonchev–Trinajstić information content (AvgIpc) is 3.28. The molecule has 1 aromatic heterocycles. The Hall–Kier alpha value is -2.35. The summed E-state index contributed by atoms with van der Waals surface area (Å²) in [7, 11) is 0. The molecule has 1 aliphatic rings. The fourth-order valence-electron chi connectivity index (χ4n) is 2.42. The van der Waals surface area contributed by atoms with Gasteiger partial charge in [0.05, 0.1) is 5.75 Å². The van der Waals surface area contributed by atoms with Gasteiger partial charge in [-0.15, -0.1) is 10.2 Å². The van der Waals surface area contributed by atoms with Crippen molar-refractivity contribution in [2.24, 2.45) is 0 Å². The number of benzene rings is 1. The number of amides is 3. The number of thioether (sulfide) groups is 1. The Bertz CT molecular complexity index is 785. The first-order valence-electron chi connectivity index (χ1n) is 8.30. The summed E-state index contributed by atoms with van der Waals surface area (Å²) in [5.41, 5.74) is 2.15. The van der Waals surface area contributed by atoms with Crippen molar-refractivity contribution in [3.63, 3.8) is 0 Å². The zero-order valence-electron chi connectivity index (χ0n) is 14.3. The molecule has 0 bridgehead atoms. The summed E-state index contributed by atoms with van der Waals surface area (Å²) in [6.07, 6.45) is 1.97. The minimum Gasteiger partial charge on any atom is -0.335 e. The van der Waals surface area contributed by atoms with Gasteiger partial charge in [0.2, 0.25) is 5.91 Å². The van der Waals surface area contributed by atoms with E-state index in [4.69, 9.17) is 0 Å². The summed E-state index contributed by atoms with van der Waals surface area (Å²) < 4.78 is 1.97. The molecular weight excluding hydrogens is 338 g/mol. The summed E-state index contributed by atoms with van der Waals surface area (Å²) in [6, 6.07) is 7.86. The summed E-state index contributed by atoms with van der Waals surface area (Å²) in [4.78, 5) is 23.5. The lowest BCUT2D eigenvalue weighted by atomic mass is 10.1. The maximum atomic E-state index is 11.9. The average molecular weight is 359 g/mol. The van der Waals surface area contributed by atoms with Crippen LogP contribution in [0.5, 0.6) is 0 Å². The second kappa shape index (κ2) is 7.69. The lowest BCUT2D eigenvalue weighted by molar-refractivity contribution is -0.117. The number of hydrogen-bond donors (Lipinski definition) is 2. The summed E-state index contributed by atoms with van der Waals surface area (Å²) in [5, 5.41) is 14.2. The molecule has 0 spiro atoms. The van der Waals surface area contributed by atoms with Crippen molar-refractivity contribution in [3.8, 4) is 11.4 Å². The fraction of sp³-hybridized carbons (Fsp3) is 0.412. The number of hydrogen-bond acceptors (Lipinski definition) is 5. The van der Waals surface area contributed by atoms with E-state index in [1.54, 1.807) is 0 Å². The molecule has 0 atom stereocenters. The van der Waals surface area contributed by atoms with Gasteiger partial charge >= 0.3 is 6.03 Å². The number of aromatic nitrogens is 3. The standard InChI is InChI=1S/C17H21N5O2S/c1-3-22-15(12-6-4-5-11(2)9-12)20-21-17(22)25-10-14(23)19-16(24)18-13-7-8-13/h4-6,9,13H,3,7-8,10H2,1-2H3,(H2,18,19,23,24). The van der Waals surface area contributed by atoms with Gasteiger partial charge in [0, 0.05) is 18.2 Å². The highest BCUT2D eigenvalue weighted by Gasteiger charge is 2.24. The molecule has 132 valence electrons. The smallest absolute Gasteiger partial charge is 0.321 e. The first kappa shape index (κ1) is 17.5. The molecular formula is C17H21N5O2S. The van der Waals surface area contributed by atoms with Crippen LogP contribution in [0.15, 0.2) is 29.4 Å². The Morgan fingerprint density at radius 3 is 2.80 bits per heavy atom. The summed E-state index contributed by atoms with van der Waals surface area (Å²) in [5.74, 6) is 0.552. The predicted octanol–water partition coefficient (Wildman–Crippen LogP) is 2.35. The van der Waals surface area contributed by atoms with Gasteiger partial charge in [0.1, 0.15) is 0 Å². The molecule has 2 aromatic rings. The predicted molar refractivity (Wildman–Crippen MR) is 96.3 cm³/mol. The van der Waals surface area contributed by atoms with Gasteiger partial charge in [-0.3, -0.25) is 10.1 Å². The van der Waals surface area contributed by atoms with E-state index < -0.39 is 6.03 Å². The van der Waals surface area contributed by atoms with Crippen LogP contribution in [0, 0.1) is 6.92 Å². The van der Waals surface area contributed by atoms with Gasteiger partial charge < -0.3 is 9.88 Å². The van der Waals surface area contributed by atoms with Gasteiger partial charge in [0.25, 0.3) is 0 Å². The van der Waals surface area contributed by atoms with E-state index in [9.17, 15) is 9.59 Å². The van der Waals surface area contributed by atoms with Gasteiger partial charge in [-0.2, -0.15) is 0 Å². The van der Waals surface area contributed by atoms with Gasteiger partial charge in [-0.25, -0.2) is 4.79 Å². The molecule has 0 aliphatic heterocycles. The number of nitrogens with one attached hydrogen (secondary N) is 2. The van der Waals surface area contributed by atoms with E-state index in [2.05, 4.69) is 26.9 Å². The van der Waals surface area contributed by atoms with Crippen LogP contribution in [-0.2, 0) is 11.3 Å². The van der Waals surface area contributed by atoms with E-state index in [-0.39, 0.29) is 17.7 Å². The van der Waals surface area contributed by atoms with Crippen LogP contribution < -0.4 is 10.6 Å². The normalized spacial score (nSPS) is 13.5. The van der Waals surface area contributed by atoms with Crippen LogP contribution >= 0.6 is 11.8 Å². The van der Waals surface area contributed by atoms with E-state index in [1.165, 1.54) is 11.8 Å². The SMILES string of the molecule is CCn1c(SCC(=O)NC(=O)NC2CC2)nnc1-c1cccc(C)c1. The van der Waals surface area contributed by atoms with Crippen LogP contribution in [0.3, 0.4) is 0 Å². The fourth-order valence-corrected chi connectivity index (χ4v) is 3.22. The third kappa shape index (κ3) is 4.60. The molecule has 1 fully saturated rings. The van der Waals surface area contributed by atoms with Gasteiger partial charge in [-0.05, 0) is 32.8 Å². The molecule has 8 heteroatoms. The highest BCUT2D eigenvalue weighted by Crippen LogP contribution is 2.24. The zero-order valence-corrected chi connectivity index (χ0v) is 15.1. The Balaban J connectivity index is 1.62. The molecule has 1 aromatic carbocycles. The van der Waals surface area contributed by atoms with Crippen molar-refractivity contribution >= 4 is 23.7 Å². The monoisotopic (exact) mass is 359 g/mol. The van der Waals surface area contributed by atoms with E-state index >= 15 is 0 Å². The topological polar surface area (TPSA) is 88.9 Å². The summed E-state index contributed by atoms with van der Waals surface area (Å²) >= 11 is 1.27. The van der Waals surface area contributed by atoms with Crippen molar-refractivity contribution in [2.75, 3.05) is 5.75 Å². The first-order valence-corrected chi connectivity index (χ1v) is 9.28. The molecule has 0 unspecified atom stereocenters. The minimum absolute atomic E-state index is 0.115. The number of aryl methyl sites for hydroxylation is 1. The lowest BCUT2D eigenvalue weighted by Gasteiger charge is -2.08. The van der Waals surface area contributed by atoms with E-state index in [1.807, 2.05) is 36.6 Å². The lowest BCUT2D eigenvalue weighted by Crippen LogP contribution is -2.41. The number of carbonyl (C=O) groups excluding carboxylic acids is 2. The Kier molecular flexibility index (Phi) is 5.37. The highest BCUT2D eigenvalue weighted by molar-refractivity contribution is 7.99. The first-order chi connectivity index (χ1) is 12.1. The van der Waals surface area contributed by atoms with Crippen LogP contribution in [0.2, 0.25) is 0 Å². The maximum absolute atomic E-state index is 11.9. The van der Waals surface area contributed by atoms with Gasteiger partial charge in [-0.1, -0.05) is 35.5 Å². The number of urea groups is 1. The highest BCUT2D eigenvalue weighted by atomic mass is 32.2. The van der Waals surface area contributed by atoms with Crippen molar-refractivity contribution in [2.45, 2.75) is 44.4 Å². The van der Waals surface area contributed by atoms with E-state index in [0.717, 1.165) is 29.8 Å². The molecule has 0 saturated heterocycles. The van der Waals surface area contributed by atoms with Crippen LogP contribution in [0.25, 0.3) is 11.4 Å². The van der Waals surface area contributed by atoms with E-state index in [0.29, 0.717) is 11.7 Å². The van der Waals surface area contributed by atoms with Crippen molar-refractivity contribution in [1.82, 2.24) is 25.4 Å². The number of rotatable bonds is 6. The zero-order chi connectivity index (χ0) is 17.8. The molecule has 0 radical (unpaired) electrons. The van der Waals surface area contributed by atoms with Crippen LogP contribution in [-0.4, -0.2) is 38.5 Å². The Morgan fingerprint density at radius 1 is 1.32 bits per heavy atom.